The van der Waals surface area contributed by atoms with Crippen LogP contribution in [-0.4, -0.2) is 11.4 Å². The van der Waals surface area contributed by atoms with Crippen molar-refractivity contribution in [3.63, 3.8) is 0 Å². The first-order valence-electron chi connectivity index (χ1n) is 15.5. The van der Waals surface area contributed by atoms with Crippen LogP contribution >= 0.6 is 0 Å². The third kappa shape index (κ3) is 4.69. The van der Waals surface area contributed by atoms with Crippen molar-refractivity contribution in [2.75, 3.05) is 6.54 Å². The first-order chi connectivity index (χ1) is 21.7. The predicted octanol–water partition coefficient (Wildman–Crippen LogP) is 10.0. The Hall–Kier alpha value is -5.02. The second-order valence-electron chi connectivity index (χ2n) is 11.9. The number of fused-ring (bicyclic) bond motifs is 7. The molecule has 0 spiro atoms. The molecule has 1 aliphatic rings. The van der Waals surface area contributed by atoms with Gasteiger partial charge < -0.3 is 5.73 Å². The van der Waals surface area contributed by atoms with Gasteiger partial charge in [0.15, 0.2) is 0 Å². The highest BCUT2D eigenvalue weighted by molar-refractivity contribution is 6.12. The number of hydrogen-bond acceptors (Lipinski definition) is 2. The van der Waals surface area contributed by atoms with Crippen LogP contribution in [0.4, 0.5) is 0 Å². The highest BCUT2D eigenvalue weighted by Crippen LogP contribution is 2.48. The minimum Gasteiger partial charge on any atom is -0.323 e. The Morgan fingerprint density at radius 1 is 0.500 bits per heavy atom. The van der Waals surface area contributed by atoms with Crippen molar-refractivity contribution in [2.24, 2.45) is 5.73 Å². The van der Waals surface area contributed by atoms with Crippen LogP contribution in [-0.2, 0) is 13.1 Å². The molecule has 0 fully saturated rings. The lowest BCUT2D eigenvalue weighted by Gasteiger charge is -2.27. The van der Waals surface area contributed by atoms with E-state index in [1.807, 2.05) is 0 Å². The number of rotatable bonds is 5. The molecule has 0 aromatic heterocycles. The standard InChI is InChI=1S/C42H34N2/c43-40(31-18-8-3-9-19-31)28-44-26-38-36(29-14-4-1-5-15-29)24-32-20-10-12-22-34(32)41(38)42-35-23-13-11-21-33(35)25-37(39(42)27-44)30-16-6-2-7-17-30/h1-25,40H,26-28,43H2/t40-/m1/s1. The molecule has 1 atom stereocenters. The van der Waals surface area contributed by atoms with Gasteiger partial charge >= 0.3 is 0 Å². The van der Waals surface area contributed by atoms with Gasteiger partial charge in [-0.05, 0) is 83.7 Å². The Kier molecular flexibility index (Phi) is 6.79. The van der Waals surface area contributed by atoms with Gasteiger partial charge in [0.25, 0.3) is 0 Å². The Balaban J connectivity index is 1.47. The van der Waals surface area contributed by atoms with Crippen molar-refractivity contribution < 1.29 is 0 Å². The second kappa shape index (κ2) is 11.2. The molecule has 0 saturated heterocycles. The SMILES string of the molecule is N[C@H](CN1Cc2c(-c3ccccc3)cc3ccccc3c2-c2c(c(-c3ccccc3)cc3ccccc23)C1)c1ccccc1. The zero-order chi connectivity index (χ0) is 29.5. The molecule has 2 nitrogen and oxygen atoms in total. The van der Waals surface area contributed by atoms with Crippen molar-refractivity contribution in [3.8, 4) is 33.4 Å². The van der Waals surface area contributed by atoms with E-state index in [0.29, 0.717) is 0 Å². The Morgan fingerprint density at radius 2 is 0.909 bits per heavy atom. The highest BCUT2D eigenvalue weighted by atomic mass is 15.1. The van der Waals surface area contributed by atoms with E-state index < -0.39 is 0 Å². The number of hydrogen-bond donors (Lipinski definition) is 1. The number of nitrogens with two attached hydrogens (primary N) is 1. The number of nitrogens with zero attached hydrogens (tertiary/aromatic N) is 1. The zero-order valence-electron chi connectivity index (χ0n) is 24.7. The van der Waals surface area contributed by atoms with Gasteiger partial charge in [0.05, 0.1) is 0 Å². The molecule has 0 bridgehead atoms. The van der Waals surface area contributed by atoms with Crippen LogP contribution in [0.2, 0.25) is 0 Å². The van der Waals surface area contributed by atoms with Gasteiger partial charge in [0.2, 0.25) is 0 Å². The van der Waals surface area contributed by atoms with Crippen molar-refractivity contribution in [2.45, 2.75) is 19.1 Å². The molecular formula is C42H34N2. The lowest BCUT2D eigenvalue weighted by molar-refractivity contribution is 0.244. The van der Waals surface area contributed by atoms with E-state index >= 15 is 0 Å². The molecule has 1 aliphatic heterocycles. The summed E-state index contributed by atoms with van der Waals surface area (Å²) < 4.78 is 0. The van der Waals surface area contributed by atoms with Gasteiger partial charge in [-0.3, -0.25) is 4.90 Å². The molecule has 0 amide bonds. The fraction of sp³-hybridized carbons (Fsp3) is 0.0952. The molecular weight excluding hydrogens is 532 g/mol. The third-order valence-corrected chi connectivity index (χ3v) is 9.18. The number of benzene rings is 7. The summed E-state index contributed by atoms with van der Waals surface area (Å²) in [6.07, 6.45) is 0. The quantitative estimate of drug-likeness (QED) is 0.225. The van der Waals surface area contributed by atoms with Crippen molar-refractivity contribution in [1.82, 2.24) is 4.90 Å². The molecule has 0 unspecified atom stereocenters. The summed E-state index contributed by atoms with van der Waals surface area (Å²) in [6, 6.07) is 54.8. The fourth-order valence-electron chi connectivity index (χ4n) is 7.15. The topological polar surface area (TPSA) is 29.3 Å². The van der Waals surface area contributed by atoms with Gasteiger partial charge in [-0.15, -0.1) is 0 Å². The maximum atomic E-state index is 6.95. The van der Waals surface area contributed by atoms with Crippen LogP contribution < -0.4 is 5.73 Å². The second-order valence-corrected chi connectivity index (χ2v) is 11.9. The van der Waals surface area contributed by atoms with E-state index in [9.17, 15) is 0 Å². The van der Waals surface area contributed by atoms with Gasteiger partial charge in [-0.1, -0.05) is 140 Å². The molecule has 0 saturated carbocycles. The Labute approximate surface area is 259 Å². The smallest absolute Gasteiger partial charge is 0.0424 e. The van der Waals surface area contributed by atoms with E-state index in [1.54, 1.807) is 0 Å². The van der Waals surface area contributed by atoms with Crippen LogP contribution in [0.25, 0.3) is 54.9 Å². The normalized spacial score (nSPS) is 13.8. The van der Waals surface area contributed by atoms with Crippen molar-refractivity contribution >= 4 is 21.5 Å². The summed E-state index contributed by atoms with van der Waals surface area (Å²) in [5.74, 6) is 0. The van der Waals surface area contributed by atoms with Crippen molar-refractivity contribution in [1.29, 1.82) is 0 Å². The maximum Gasteiger partial charge on any atom is 0.0424 e. The molecule has 212 valence electrons. The van der Waals surface area contributed by atoms with Crippen LogP contribution in [0.5, 0.6) is 0 Å². The lowest BCUT2D eigenvalue weighted by atomic mass is 9.82. The summed E-state index contributed by atoms with van der Waals surface area (Å²) in [7, 11) is 0. The molecule has 1 heterocycles. The van der Waals surface area contributed by atoms with Gasteiger partial charge in [0.1, 0.15) is 0 Å². The van der Waals surface area contributed by atoms with Crippen molar-refractivity contribution in [3.05, 3.63) is 168 Å². The monoisotopic (exact) mass is 566 g/mol. The summed E-state index contributed by atoms with van der Waals surface area (Å²) in [6.45, 7) is 2.37. The fourth-order valence-corrected chi connectivity index (χ4v) is 7.15. The molecule has 0 aliphatic carbocycles. The zero-order valence-corrected chi connectivity index (χ0v) is 24.7. The van der Waals surface area contributed by atoms with Crippen LogP contribution in [0, 0.1) is 0 Å². The molecule has 7 aromatic carbocycles. The molecule has 7 aromatic rings. The van der Waals surface area contributed by atoms with Crippen LogP contribution in [0.1, 0.15) is 22.7 Å². The summed E-state index contributed by atoms with van der Waals surface area (Å²) in [5, 5.41) is 5.13. The molecule has 2 N–H and O–H groups in total. The summed E-state index contributed by atoms with van der Waals surface area (Å²) in [5.41, 5.74) is 18.6. The molecule has 2 heteroatoms. The maximum absolute atomic E-state index is 6.95. The largest absolute Gasteiger partial charge is 0.323 e. The minimum atomic E-state index is -0.0949. The minimum absolute atomic E-state index is 0.0949. The highest BCUT2D eigenvalue weighted by Gasteiger charge is 2.29. The average Bonchev–Trinajstić information content (AvgIpc) is 3.26. The van der Waals surface area contributed by atoms with E-state index in [-0.39, 0.29) is 6.04 Å². The van der Waals surface area contributed by atoms with Gasteiger partial charge in [-0.25, -0.2) is 0 Å². The Bertz CT molecular complexity index is 1970. The summed E-state index contributed by atoms with van der Waals surface area (Å²) >= 11 is 0. The van der Waals surface area contributed by atoms with Gasteiger partial charge in [0, 0.05) is 25.7 Å². The van der Waals surface area contributed by atoms with E-state index in [1.165, 1.54) is 71.6 Å². The van der Waals surface area contributed by atoms with Crippen LogP contribution in [0.15, 0.2) is 152 Å². The molecule has 0 radical (unpaired) electrons. The first-order valence-corrected chi connectivity index (χ1v) is 15.5. The third-order valence-electron chi connectivity index (χ3n) is 9.18. The average molecular weight is 567 g/mol. The Morgan fingerprint density at radius 3 is 1.39 bits per heavy atom. The lowest BCUT2D eigenvalue weighted by Crippen LogP contribution is -2.31. The summed E-state index contributed by atoms with van der Waals surface area (Å²) in [4.78, 5) is 2.57. The van der Waals surface area contributed by atoms with E-state index in [4.69, 9.17) is 5.73 Å². The molecule has 8 rings (SSSR count). The van der Waals surface area contributed by atoms with E-state index in [0.717, 1.165) is 19.6 Å². The van der Waals surface area contributed by atoms with E-state index in [2.05, 4.69) is 157 Å². The predicted molar refractivity (Wildman–Crippen MR) is 185 cm³/mol. The molecule has 44 heavy (non-hydrogen) atoms. The van der Waals surface area contributed by atoms with Gasteiger partial charge in [-0.2, -0.15) is 0 Å². The first kappa shape index (κ1) is 26.6. The van der Waals surface area contributed by atoms with Crippen LogP contribution in [0.3, 0.4) is 0 Å².